The first-order valence-electron chi connectivity index (χ1n) is 6.78. The van der Waals surface area contributed by atoms with Crippen LogP contribution < -0.4 is 0 Å². The molecule has 0 unspecified atom stereocenters. The van der Waals surface area contributed by atoms with Crippen molar-refractivity contribution in [3.05, 3.63) is 30.3 Å². The summed E-state index contributed by atoms with van der Waals surface area (Å²) in [6, 6.07) is 7.95. The van der Waals surface area contributed by atoms with Gasteiger partial charge in [0.15, 0.2) is 5.44 Å². The normalized spacial score (nSPS) is 33.5. The molecule has 3 rings (SSSR count). The summed E-state index contributed by atoms with van der Waals surface area (Å²) in [6.45, 7) is 3.69. The number of hydrogen-bond donors (Lipinski definition) is 0. The Balaban J connectivity index is 1.95. The molecular weight excluding hydrogens is 294 g/mol. The van der Waals surface area contributed by atoms with Crippen molar-refractivity contribution < 1.29 is 22.8 Å². The Kier molecular flexibility index (Phi) is 3.31. The molecule has 6 nitrogen and oxygen atoms in total. The number of hydrogen-bond acceptors (Lipinski definition) is 6. The molecule has 2 aliphatic rings. The summed E-state index contributed by atoms with van der Waals surface area (Å²) in [7, 11) is -3.65. The molecular formula is C14H17NO5S. The van der Waals surface area contributed by atoms with Gasteiger partial charge in [0.25, 0.3) is 0 Å². The van der Waals surface area contributed by atoms with Gasteiger partial charge in [0.2, 0.25) is 9.84 Å². The summed E-state index contributed by atoms with van der Waals surface area (Å²) < 4.78 is 30.4. The molecule has 0 N–H and O–H groups in total. The molecule has 1 aromatic carbocycles. The maximum absolute atomic E-state index is 12.6. The number of nitrogens with zero attached hydrogens (tertiary/aromatic N) is 1. The first-order valence-corrected chi connectivity index (χ1v) is 8.32. The Morgan fingerprint density at radius 3 is 2.57 bits per heavy atom. The Morgan fingerprint density at radius 1 is 1.29 bits per heavy atom. The average Bonchev–Trinajstić information content (AvgIpc) is 2.85. The first-order chi connectivity index (χ1) is 9.85. The number of carbonyl (C=O) groups is 1. The van der Waals surface area contributed by atoms with Crippen LogP contribution >= 0.6 is 0 Å². The third kappa shape index (κ3) is 2.16. The molecule has 0 radical (unpaired) electrons. The second-order valence-corrected chi connectivity index (χ2v) is 7.73. The minimum atomic E-state index is -3.65. The van der Waals surface area contributed by atoms with E-state index in [9.17, 15) is 13.2 Å². The molecule has 3 atom stereocenters. The van der Waals surface area contributed by atoms with Crippen LogP contribution in [0.5, 0.6) is 0 Å². The lowest BCUT2D eigenvalue weighted by atomic mass is 9.96. The molecule has 2 heterocycles. The van der Waals surface area contributed by atoms with Gasteiger partial charge in [-0.15, -0.1) is 0 Å². The number of cyclic esters (lactones) is 1. The minimum Gasteiger partial charge on any atom is -0.462 e. The highest BCUT2D eigenvalue weighted by molar-refractivity contribution is 7.92. The van der Waals surface area contributed by atoms with E-state index in [-0.39, 0.29) is 24.0 Å². The number of ether oxygens (including phenoxy) is 1. The van der Waals surface area contributed by atoms with Gasteiger partial charge in [-0.2, -0.15) is 5.06 Å². The lowest BCUT2D eigenvalue weighted by Gasteiger charge is -2.38. The molecule has 0 aromatic heterocycles. The van der Waals surface area contributed by atoms with Crippen LogP contribution in [0.2, 0.25) is 0 Å². The summed E-state index contributed by atoms with van der Waals surface area (Å²) in [6.07, 6.45) is 0.0629. The van der Waals surface area contributed by atoms with Gasteiger partial charge < -0.3 is 4.74 Å². The van der Waals surface area contributed by atoms with Crippen LogP contribution in [0.15, 0.2) is 35.2 Å². The quantitative estimate of drug-likeness (QED) is 0.762. The van der Waals surface area contributed by atoms with Gasteiger partial charge in [0, 0.05) is 6.42 Å². The van der Waals surface area contributed by atoms with Gasteiger partial charge >= 0.3 is 5.97 Å². The van der Waals surface area contributed by atoms with Crippen molar-refractivity contribution in [2.45, 2.75) is 42.2 Å². The van der Waals surface area contributed by atoms with Crippen molar-refractivity contribution in [2.75, 3.05) is 6.61 Å². The van der Waals surface area contributed by atoms with Crippen LogP contribution in [0.25, 0.3) is 0 Å². The van der Waals surface area contributed by atoms with Crippen molar-refractivity contribution >= 4 is 15.8 Å². The number of hydroxylamine groups is 2. The zero-order chi connectivity index (χ0) is 15.3. The van der Waals surface area contributed by atoms with Gasteiger partial charge in [-0.1, -0.05) is 18.2 Å². The maximum atomic E-state index is 12.6. The van der Waals surface area contributed by atoms with Crippen LogP contribution in [-0.2, 0) is 24.2 Å². The number of fused-ring (bicyclic) bond motifs is 1. The fraction of sp³-hybridized carbons (Fsp3) is 0.500. The van der Waals surface area contributed by atoms with E-state index in [0.717, 1.165) is 0 Å². The van der Waals surface area contributed by atoms with E-state index in [1.165, 1.54) is 17.2 Å². The van der Waals surface area contributed by atoms with Crippen molar-refractivity contribution in [1.29, 1.82) is 0 Å². The van der Waals surface area contributed by atoms with Crippen molar-refractivity contribution in [1.82, 2.24) is 5.06 Å². The highest BCUT2D eigenvalue weighted by Crippen LogP contribution is 2.40. The lowest BCUT2D eigenvalue weighted by Crippen LogP contribution is -2.57. The van der Waals surface area contributed by atoms with Gasteiger partial charge in [0.05, 0.1) is 10.9 Å². The predicted octanol–water partition coefficient (Wildman–Crippen LogP) is 1.13. The monoisotopic (exact) mass is 311 g/mol. The standard InChI is InChI=1S/C14H17NO5S/c1-10-9-19-13(16)14(2)8-12(20-15(10)14)21(17,18)11-6-4-3-5-7-11/h3-7,10,12H,8-9H2,1-2H3/t10-,12-,14-/m0/s1. The Bertz CT molecular complexity index is 659. The molecule has 0 aliphatic carbocycles. The van der Waals surface area contributed by atoms with E-state index in [0.29, 0.717) is 0 Å². The Labute approximate surface area is 123 Å². The van der Waals surface area contributed by atoms with Gasteiger partial charge in [-0.25, -0.2) is 13.2 Å². The molecule has 0 bridgehead atoms. The molecule has 2 fully saturated rings. The highest BCUT2D eigenvalue weighted by atomic mass is 32.2. The van der Waals surface area contributed by atoms with Crippen molar-refractivity contribution in [3.63, 3.8) is 0 Å². The fourth-order valence-electron chi connectivity index (χ4n) is 2.81. The molecule has 0 amide bonds. The number of morpholine rings is 1. The molecule has 0 saturated carbocycles. The maximum Gasteiger partial charge on any atom is 0.328 e. The SMILES string of the molecule is C[C@H]1COC(=O)[C@]2(C)C[C@H](S(=O)(=O)c3ccccc3)ON12. The topological polar surface area (TPSA) is 72.9 Å². The number of benzene rings is 1. The highest BCUT2D eigenvalue weighted by Gasteiger charge is 2.58. The number of esters is 1. The van der Waals surface area contributed by atoms with Crippen LogP contribution in [0, 0.1) is 0 Å². The molecule has 2 aliphatic heterocycles. The van der Waals surface area contributed by atoms with E-state index >= 15 is 0 Å². The van der Waals surface area contributed by atoms with Crippen LogP contribution in [-0.4, -0.2) is 43.1 Å². The lowest BCUT2D eigenvalue weighted by molar-refractivity contribution is -0.234. The van der Waals surface area contributed by atoms with E-state index < -0.39 is 26.8 Å². The molecule has 2 saturated heterocycles. The summed E-state index contributed by atoms with van der Waals surface area (Å²) in [4.78, 5) is 17.8. The minimum absolute atomic E-state index is 0.0629. The molecule has 7 heteroatoms. The first kappa shape index (κ1) is 14.5. The van der Waals surface area contributed by atoms with Crippen molar-refractivity contribution in [2.24, 2.45) is 0 Å². The summed E-state index contributed by atoms with van der Waals surface area (Å²) in [5.41, 5.74) is -2.12. The van der Waals surface area contributed by atoms with Crippen LogP contribution in [0.3, 0.4) is 0 Å². The predicted molar refractivity (Wildman–Crippen MR) is 73.8 cm³/mol. The summed E-state index contributed by atoms with van der Waals surface area (Å²) in [5, 5.41) is 1.48. The Hall–Kier alpha value is -1.44. The second-order valence-electron chi connectivity index (χ2n) is 5.64. The van der Waals surface area contributed by atoms with Gasteiger partial charge in [0.1, 0.15) is 12.1 Å². The summed E-state index contributed by atoms with van der Waals surface area (Å²) >= 11 is 0. The zero-order valence-corrected chi connectivity index (χ0v) is 12.7. The van der Waals surface area contributed by atoms with E-state index in [4.69, 9.17) is 9.57 Å². The van der Waals surface area contributed by atoms with E-state index in [2.05, 4.69) is 0 Å². The largest absolute Gasteiger partial charge is 0.462 e. The van der Waals surface area contributed by atoms with Crippen LogP contribution in [0.1, 0.15) is 20.3 Å². The smallest absolute Gasteiger partial charge is 0.328 e. The fourth-order valence-corrected chi connectivity index (χ4v) is 4.40. The van der Waals surface area contributed by atoms with E-state index in [1.54, 1.807) is 25.1 Å². The Morgan fingerprint density at radius 2 is 1.95 bits per heavy atom. The molecule has 114 valence electrons. The average molecular weight is 311 g/mol. The number of rotatable bonds is 2. The summed E-state index contributed by atoms with van der Waals surface area (Å²) in [5.74, 6) is -0.439. The van der Waals surface area contributed by atoms with E-state index in [1.807, 2.05) is 6.92 Å². The zero-order valence-electron chi connectivity index (χ0n) is 11.9. The third-order valence-electron chi connectivity index (χ3n) is 4.00. The molecule has 1 aromatic rings. The molecule has 0 spiro atoms. The number of sulfone groups is 1. The van der Waals surface area contributed by atoms with Crippen LogP contribution in [0.4, 0.5) is 0 Å². The van der Waals surface area contributed by atoms with Gasteiger partial charge in [-0.05, 0) is 26.0 Å². The van der Waals surface area contributed by atoms with Crippen molar-refractivity contribution in [3.8, 4) is 0 Å². The number of carbonyl (C=O) groups excluding carboxylic acids is 1. The third-order valence-corrected chi connectivity index (χ3v) is 5.87. The molecule has 21 heavy (non-hydrogen) atoms. The van der Waals surface area contributed by atoms with Gasteiger partial charge in [-0.3, -0.25) is 4.84 Å². The second kappa shape index (κ2) is 4.79.